The lowest BCUT2D eigenvalue weighted by molar-refractivity contribution is 0.0963. The van der Waals surface area contributed by atoms with E-state index in [0.29, 0.717) is 18.4 Å². The molecule has 0 aromatic heterocycles. The van der Waals surface area contributed by atoms with E-state index >= 15 is 0 Å². The van der Waals surface area contributed by atoms with Crippen LogP contribution in [0.5, 0.6) is 5.75 Å². The molecule has 6 nitrogen and oxygen atoms in total. The van der Waals surface area contributed by atoms with Gasteiger partial charge in [0, 0.05) is 5.56 Å². The molecule has 0 heterocycles. The SMILES string of the molecule is N#CCNC(=O)NC(=O)c1ccccc1CCc1ccc(O)cc1. The standard InChI is InChI=1S/C18H17N3O3/c19-11-12-20-18(24)21-17(23)16-4-2-1-3-14(16)8-5-13-6-9-15(22)10-7-13/h1-4,6-7,9-10,22H,5,8,12H2,(H2,20,21,23,24). The summed E-state index contributed by atoms with van der Waals surface area (Å²) in [6.45, 7) is -0.165. The third-order valence-corrected chi connectivity index (χ3v) is 3.44. The Kier molecular flexibility index (Phi) is 5.92. The van der Waals surface area contributed by atoms with E-state index in [4.69, 9.17) is 5.26 Å². The molecule has 0 aliphatic heterocycles. The van der Waals surface area contributed by atoms with Gasteiger partial charge in [0.05, 0.1) is 6.07 Å². The number of urea groups is 1. The van der Waals surface area contributed by atoms with Crippen molar-refractivity contribution in [1.29, 1.82) is 5.26 Å². The number of rotatable bonds is 5. The highest BCUT2D eigenvalue weighted by Gasteiger charge is 2.13. The zero-order valence-corrected chi connectivity index (χ0v) is 13.0. The summed E-state index contributed by atoms with van der Waals surface area (Å²) in [7, 11) is 0. The van der Waals surface area contributed by atoms with Gasteiger partial charge in [0.25, 0.3) is 5.91 Å². The molecular formula is C18H17N3O3. The van der Waals surface area contributed by atoms with Crippen molar-refractivity contribution < 1.29 is 14.7 Å². The number of nitriles is 1. The van der Waals surface area contributed by atoms with Crippen molar-refractivity contribution in [3.63, 3.8) is 0 Å². The lowest BCUT2D eigenvalue weighted by atomic mass is 9.99. The van der Waals surface area contributed by atoms with Crippen molar-refractivity contribution in [2.24, 2.45) is 0 Å². The minimum atomic E-state index is -0.699. The van der Waals surface area contributed by atoms with E-state index in [2.05, 4.69) is 10.6 Å². The van der Waals surface area contributed by atoms with Gasteiger partial charge in [0.15, 0.2) is 0 Å². The van der Waals surface area contributed by atoms with Gasteiger partial charge in [-0.3, -0.25) is 10.1 Å². The molecule has 122 valence electrons. The van der Waals surface area contributed by atoms with Crippen molar-refractivity contribution in [3.05, 3.63) is 65.2 Å². The van der Waals surface area contributed by atoms with Crippen molar-refractivity contribution in [2.45, 2.75) is 12.8 Å². The lowest BCUT2D eigenvalue weighted by Gasteiger charge is -2.10. The number of carbonyl (C=O) groups excluding carboxylic acids is 2. The van der Waals surface area contributed by atoms with E-state index in [-0.39, 0.29) is 12.3 Å². The number of phenols is 1. The second-order valence-electron chi connectivity index (χ2n) is 5.12. The van der Waals surface area contributed by atoms with Crippen LogP contribution in [0.4, 0.5) is 4.79 Å². The number of phenolic OH excluding ortho intramolecular Hbond substituents is 1. The minimum Gasteiger partial charge on any atom is -0.508 e. The van der Waals surface area contributed by atoms with Gasteiger partial charge in [0.2, 0.25) is 0 Å². The Morgan fingerprint density at radius 2 is 1.75 bits per heavy atom. The van der Waals surface area contributed by atoms with E-state index in [1.165, 1.54) is 0 Å². The quantitative estimate of drug-likeness (QED) is 0.734. The Hall–Kier alpha value is -3.33. The van der Waals surface area contributed by atoms with Crippen LogP contribution >= 0.6 is 0 Å². The molecule has 2 rings (SSSR count). The summed E-state index contributed by atoms with van der Waals surface area (Å²) in [5.41, 5.74) is 2.27. The molecule has 0 aliphatic rings. The molecular weight excluding hydrogens is 306 g/mol. The fraction of sp³-hybridized carbons (Fsp3) is 0.167. The first-order valence-electron chi connectivity index (χ1n) is 7.42. The molecule has 0 fully saturated rings. The van der Waals surface area contributed by atoms with Gasteiger partial charge in [-0.15, -0.1) is 0 Å². The van der Waals surface area contributed by atoms with Crippen LogP contribution < -0.4 is 10.6 Å². The third kappa shape index (κ3) is 4.85. The van der Waals surface area contributed by atoms with E-state index in [9.17, 15) is 14.7 Å². The summed E-state index contributed by atoms with van der Waals surface area (Å²) in [4.78, 5) is 23.7. The first-order valence-corrected chi connectivity index (χ1v) is 7.42. The van der Waals surface area contributed by atoms with Crippen LogP contribution in [0.25, 0.3) is 0 Å². The zero-order valence-electron chi connectivity index (χ0n) is 13.0. The Morgan fingerprint density at radius 1 is 1.04 bits per heavy atom. The van der Waals surface area contributed by atoms with E-state index in [1.54, 1.807) is 30.3 Å². The number of aromatic hydroxyl groups is 1. The number of imide groups is 1. The van der Waals surface area contributed by atoms with Crippen LogP contribution in [0.3, 0.4) is 0 Å². The Morgan fingerprint density at radius 3 is 2.46 bits per heavy atom. The van der Waals surface area contributed by atoms with Crippen molar-refractivity contribution in [1.82, 2.24) is 10.6 Å². The van der Waals surface area contributed by atoms with E-state index < -0.39 is 11.9 Å². The molecule has 0 bridgehead atoms. The maximum atomic E-state index is 12.2. The molecule has 24 heavy (non-hydrogen) atoms. The highest BCUT2D eigenvalue weighted by molar-refractivity contribution is 6.05. The summed E-state index contributed by atoms with van der Waals surface area (Å²) in [5, 5.41) is 22.2. The number of aryl methyl sites for hydroxylation is 2. The topological polar surface area (TPSA) is 102 Å². The Labute approximate surface area is 139 Å². The summed E-state index contributed by atoms with van der Waals surface area (Å²) in [5.74, 6) is -0.298. The lowest BCUT2D eigenvalue weighted by Crippen LogP contribution is -2.39. The summed E-state index contributed by atoms with van der Waals surface area (Å²) in [6, 6.07) is 15.0. The van der Waals surface area contributed by atoms with Gasteiger partial charge in [-0.05, 0) is 42.2 Å². The fourth-order valence-electron chi connectivity index (χ4n) is 2.24. The first kappa shape index (κ1) is 17.0. The Bertz CT molecular complexity index is 764. The van der Waals surface area contributed by atoms with E-state index in [1.807, 2.05) is 24.3 Å². The van der Waals surface area contributed by atoms with Crippen LogP contribution in [0.15, 0.2) is 48.5 Å². The van der Waals surface area contributed by atoms with Crippen LogP contribution in [-0.4, -0.2) is 23.6 Å². The molecule has 3 amide bonds. The Balaban J connectivity index is 2.03. The predicted molar refractivity (Wildman–Crippen MR) is 88.4 cm³/mol. The van der Waals surface area contributed by atoms with Crippen LogP contribution in [-0.2, 0) is 12.8 Å². The van der Waals surface area contributed by atoms with Gasteiger partial charge < -0.3 is 10.4 Å². The van der Waals surface area contributed by atoms with Gasteiger partial charge in [-0.1, -0.05) is 30.3 Å². The van der Waals surface area contributed by atoms with Gasteiger partial charge in [-0.25, -0.2) is 4.79 Å². The van der Waals surface area contributed by atoms with Gasteiger partial charge in [-0.2, -0.15) is 5.26 Å². The molecule has 0 spiro atoms. The molecule has 3 N–H and O–H groups in total. The second kappa shape index (κ2) is 8.34. The normalized spacial score (nSPS) is 9.79. The molecule has 0 aliphatic carbocycles. The summed E-state index contributed by atoms with van der Waals surface area (Å²) >= 11 is 0. The second-order valence-corrected chi connectivity index (χ2v) is 5.12. The van der Waals surface area contributed by atoms with Gasteiger partial charge >= 0.3 is 6.03 Å². The summed E-state index contributed by atoms with van der Waals surface area (Å²) < 4.78 is 0. The van der Waals surface area contributed by atoms with Crippen LogP contribution in [0.1, 0.15) is 21.5 Å². The first-order chi connectivity index (χ1) is 11.6. The zero-order chi connectivity index (χ0) is 17.4. The molecule has 0 atom stereocenters. The van der Waals surface area contributed by atoms with Crippen LogP contribution in [0, 0.1) is 11.3 Å². The highest BCUT2D eigenvalue weighted by Crippen LogP contribution is 2.15. The average molecular weight is 323 g/mol. The maximum Gasteiger partial charge on any atom is 0.322 e. The van der Waals surface area contributed by atoms with Crippen molar-refractivity contribution in [3.8, 4) is 11.8 Å². The van der Waals surface area contributed by atoms with E-state index in [0.717, 1.165) is 11.1 Å². The highest BCUT2D eigenvalue weighted by atomic mass is 16.3. The van der Waals surface area contributed by atoms with Crippen molar-refractivity contribution >= 4 is 11.9 Å². The number of nitrogens with zero attached hydrogens (tertiary/aromatic N) is 1. The molecule has 2 aromatic rings. The number of hydrogen-bond donors (Lipinski definition) is 3. The maximum absolute atomic E-state index is 12.2. The predicted octanol–water partition coefficient (Wildman–Crippen LogP) is 2.14. The van der Waals surface area contributed by atoms with Crippen LogP contribution in [0.2, 0.25) is 0 Å². The number of amides is 3. The molecule has 0 saturated heterocycles. The average Bonchev–Trinajstić information content (AvgIpc) is 2.59. The fourth-order valence-corrected chi connectivity index (χ4v) is 2.24. The molecule has 6 heteroatoms. The molecule has 0 saturated carbocycles. The largest absolute Gasteiger partial charge is 0.508 e. The minimum absolute atomic E-state index is 0.165. The summed E-state index contributed by atoms with van der Waals surface area (Å²) in [6.07, 6.45) is 1.32. The monoisotopic (exact) mass is 323 g/mol. The number of benzene rings is 2. The third-order valence-electron chi connectivity index (χ3n) is 3.44. The number of hydrogen-bond acceptors (Lipinski definition) is 4. The smallest absolute Gasteiger partial charge is 0.322 e. The molecule has 0 radical (unpaired) electrons. The number of nitrogens with one attached hydrogen (secondary N) is 2. The molecule has 2 aromatic carbocycles. The molecule has 0 unspecified atom stereocenters. The van der Waals surface area contributed by atoms with Crippen molar-refractivity contribution in [2.75, 3.05) is 6.54 Å². The number of carbonyl (C=O) groups is 2. The van der Waals surface area contributed by atoms with Gasteiger partial charge in [0.1, 0.15) is 12.3 Å².